The Labute approximate surface area is 654 Å². The highest BCUT2D eigenvalue weighted by atomic mass is 127. The van der Waals surface area contributed by atoms with Crippen molar-refractivity contribution < 1.29 is 29.5 Å². The van der Waals surface area contributed by atoms with Gasteiger partial charge in [-0.25, -0.2) is 0 Å². The van der Waals surface area contributed by atoms with Gasteiger partial charge in [0.1, 0.15) is 41.3 Å². The highest BCUT2D eigenvalue weighted by Crippen LogP contribution is 2.35. The summed E-state index contributed by atoms with van der Waals surface area (Å²) in [5, 5.41) is 27.3. The minimum atomic E-state index is -0.00694. The number of benzene rings is 7. The molecule has 0 aliphatic carbocycles. The van der Waals surface area contributed by atoms with Crippen molar-refractivity contribution in [1.82, 2.24) is 24.5 Å². The summed E-state index contributed by atoms with van der Waals surface area (Å²) in [6.45, 7) is 34.7. The molecule has 10 bridgehead atoms. The Kier molecular flexibility index (Phi) is 45.8. The number of aryl methyl sites for hydroxylation is 2. The van der Waals surface area contributed by atoms with Crippen molar-refractivity contribution in [2.45, 2.75) is 207 Å². The fourth-order valence-corrected chi connectivity index (χ4v) is 15.2. The summed E-state index contributed by atoms with van der Waals surface area (Å²) in [5.74, 6) is 6.92. The second-order valence-electron chi connectivity index (χ2n) is 29.1. The summed E-state index contributed by atoms with van der Waals surface area (Å²) in [6, 6.07) is 63.6. The van der Waals surface area contributed by atoms with Crippen molar-refractivity contribution in [2.24, 2.45) is 29.6 Å². The van der Waals surface area contributed by atoms with Crippen LogP contribution in [0.25, 0.3) is 22.3 Å². The van der Waals surface area contributed by atoms with Gasteiger partial charge in [0.15, 0.2) is 0 Å². The first kappa shape index (κ1) is 93.4. The van der Waals surface area contributed by atoms with Crippen LogP contribution in [0.15, 0.2) is 188 Å². The van der Waals surface area contributed by atoms with E-state index in [1.807, 2.05) is 42.5 Å². The molecule has 0 spiro atoms. The number of nitrogens with zero attached hydrogens (tertiary/aromatic N) is 5. The molecule has 7 aromatic rings. The third-order valence-electron chi connectivity index (χ3n) is 20.6. The minimum Gasteiger partial charge on any atom is -0.508 e. The number of phenols is 1. The molecule has 15 aliphatic rings. The molecule has 15 heterocycles. The van der Waals surface area contributed by atoms with E-state index in [0.29, 0.717) is 35.9 Å². The zero-order valence-corrected chi connectivity index (χ0v) is 64.3. The molecule has 7 aromatic carbocycles. The molecule has 15 aliphatic heterocycles. The Morgan fingerprint density at radius 1 is 0.305 bits per heavy atom. The van der Waals surface area contributed by atoms with Crippen LogP contribution < -0.4 is 14.2 Å². The second kappa shape index (κ2) is 51.5. The van der Waals surface area contributed by atoms with E-state index >= 15 is 0 Å². The van der Waals surface area contributed by atoms with E-state index in [1.54, 1.807) is 24.3 Å². The standard InChI is InChI=1S/2C20H23NO.C13H17NO.2C7H13NO.C6H5I.C6H6O.3C3H8.5CH4/c2*1-15-2-4-16(5-3-15)17-6-8-19(9-7-17)22-20-14-21-12-10-18(20)11-13-21;1-2-4-12(5-3-1)15-13-10-14-8-6-11(13)7-9-14;2*9-7-5-8-3-1-6(7)2-4-8;2*7-6-4-2-1-3-5-6;3*1-3-2;;;;;/h2*2-9,18,20H,10-14H2,1H3;1-5,11,13H,6-10H2;2*6-7,9H,1-5H2;1-5H;1-5,7H;3*3H2,1-2H3;5*1H4/t2*20-;13-;2*7-;;;;;;;;;;/m00010........../s1. The first-order valence-corrected chi connectivity index (χ1v) is 39.6. The Hall–Kier alpha value is -5.81. The van der Waals surface area contributed by atoms with E-state index < -0.39 is 0 Å². The van der Waals surface area contributed by atoms with Crippen LogP contribution in [0.3, 0.4) is 0 Å². The van der Waals surface area contributed by atoms with Crippen LogP contribution in [0, 0.1) is 47.0 Å². The monoisotopic (exact) mass is 1550 g/mol. The third-order valence-corrected chi connectivity index (χ3v) is 21.3. The van der Waals surface area contributed by atoms with E-state index in [-0.39, 0.29) is 49.3 Å². The quantitative estimate of drug-likeness (QED) is 0.127. The summed E-state index contributed by atoms with van der Waals surface area (Å²) < 4.78 is 19.9. The maximum Gasteiger partial charge on any atom is 0.119 e. The topological polar surface area (TPSA) is 105 Å². The van der Waals surface area contributed by atoms with Crippen molar-refractivity contribution in [3.63, 3.8) is 0 Å². The molecule has 15 saturated heterocycles. The van der Waals surface area contributed by atoms with Crippen molar-refractivity contribution in [3.8, 4) is 45.3 Å². The fourth-order valence-electron chi connectivity index (χ4n) is 14.8. The predicted octanol–water partition coefficient (Wildman–Crippen LogP) is 21.7. The number of aliphatic hydroxyl groups excluding tert-OH is 2. The molecule has 105 heavy (non-hydrogen) atoms. The summed E-state index contributed by atoms with van der Waals surface area (Å²) in [6.07, 6.45) is 17.6. The van der Waals surface area contributed by atoms with E-state index in [9.17, 15) is 10.2 Å². The van der Waals surface area contributed by atoms with Gasteiger partial charge in [0.25, 0.3) is 0 Å². The molecule has 22 rings (SSSR count). The fraction of sp³-hybridized carbons (Fsp3) is 0.548. The Morgan fingerprint density at radius 2 is 0.524 bits per heavy atom. The zero-order valence-electron chi connectivity index (χ0n) is 62.2. The summed E-state index contributed by atoms with van der Waals surface area (Å²) in [5.41, 5.74) is 7.62. The highest BCUT2D eigenvalue weighted by Gasteiger charge is 2.38. The minimum absolute atomic E-state index is 0. The van der Waals surface area contributed by atoms with E-state index in [0.717, 1.165) is 67.7 Å². The molecule has 584 valence electrons. The lowest BCUT2D eigenvalue weighted by molar-refractivity contribution is -0.0228. The summed E-state index contributed by atoms with van der Waals surface area (Å²) in [4.78, 5) is 12.3. The van der Waals surface area contributed by atoms with E-state index in [2.05, 4.69) is 224 Å². The number of aliphatic hydroxyl groups is 2. The van der Waals surface area contributed by atoms with Crippen molar-refractivity contribution in [3.05, 3.63) is 203 Å². The molecule has 3 N–H and O–H groups in total. The molecule has 11 nitrogen and oxygen atoms in total. The SMILES string of the molecule is C.C.C.C.C.CCC.CCC.CCC.Cc1ccc(-c2ccc(O[C@H]3CN4CCC3CC4)cc2)cc1.Cc1ccc(-c2ccc(O[C@H]3CN4CCC3CC4)cc2)cc1.Ic1ccccc1.O[C@@H]1CN2CCC1CC2.O[C@H]1CN2CCC1CC2.Oc1ccccc1.c1ccc(O[C@H]2CN3CCC2CC3)cc1. The van der Waals surface area contributed by atoms with Crippen LogP contribution in [-0.2, 0) is 0 Å². The smallest absolute Gasteiger partial charge is 0.119 e. The molecule has 0 radical (unpaired) electrons. The van der Waals surface area contributed by atoms with Crippen LogP contribution in [0.5, 0.6) is 23.0 Å². The first-order chi connectivity index (χ1) is 48.7. The number of fused-ring (bicyclic) bond motifs is 15. The zero-order chi connectivity index (χ0) is 70.9. The molecule has 15 fully saturated rings. The Bertz CT molecular complexity index is 3030. The van der Waals surface area contributed by atoms with Crippen LogP contribution in [-0.4, -0.2) is 169 Å². The van der Waals surface area contributed by atoms with Gasteiger partial charge in [-0.1, -0.05) is 236 Å². The average molecular weight is 1560 g/mol. The van der Waals surface area contributed by atoms with Gasteiger partial charge in [-0.15, -0.1) is 0 Å². The summed E-state index contributed by atoms with van der Waals surface area (Å²) in [7, 11) is 0. The molecule has 0 aromatic heterocycles. The highest BCUT2D eigenvalue weighted by molar-refractivity contribution is 14.1. The molecule has 5 atom stereocenters. The number of rotatable bonds is 8. The van der Waals surface area contributed by atoms with Gasteiger partial charge >= 0.3 is 0 Å². The number of piperidine rings is 15. The molecule has 0 unspecified atom stereocenters. The van der Waals surface area contributed by atoms with Crippen molar-refractivity contribution in [2.75, 3.05) is 98.2 Å². The van der Waals surface area contributed by atoms with Crippen molar-refractivity contribution >= 4 is 22.6 Å². The number of phenolic OH excluding ortho intramolecular Hbond substituents is 1. The van der Waals surface area contributed by atoms with Gasteiger partial charge in [0.05, 0.1) is 12.2 Å². The largest absolute Gasteiger partial charge is 0.508 e. The Balaban J connectivity index is 0.000000321. The van der Waals surface area contributed by atoms with Crippen molar-refractivity contribution in [1.29, 1.82) is 0 Å². The lowest BCUT2D eigenvalue weighted by Crippen LogP contribution is -2.52. The van der Waals surface area contributed by atoms with E-state index in [1.165, 1.54) is 186 Å². The maximum absolute atomic E-state index is 9.36. The van der Waals surface area contributed by atoms with Gasteiger partial charge in [-0.05, 0) is 279 Å². The van der Waals surface area contributed by atoms with Gasteiger partial charge in [0, 0.05) is 36.3 Å². The van der Waals surface area contributed by atoms with Crippen LogP contribution >= 0.6 is 22.6 Å². The predicted molar refractivity (Wildman–Crippen MR) is 460 cm³/mol. The lowest BCUT2D eigenvalue weighted by atomic mass is 9.86. The van der Waals surface area contributed by atoms with Crippen LogP contribution in [0.1, 0.15) is 173 Å². The van der Waals surface area contributed by atoms with E-state index in [4.69, 9.17) is 19.3 Å². The van der Waals surface area contributed by atoms with Gasteiger partial charge < -0.3 is 39.3 Å². The molecule has 0 amide bonds. The normalized spacial score (nSPS) is 26.3. The molecule has 0 saturated carbocycles. The Morgan fingerprint density at radius 3 is 0.705 bits per heavy atom. The summed E-state index contributed by atoms with van der Waals surface area (Å²) >= 11 is 2.28. The van der Waals surface area contributed by atoms with Gasteiger partial charge in [-0.2, -0.15) is 0 Å². The molecule has 12 heteroatoms. The van der Waals surface area contributed by atoms with Crippen LogP contribution in [0.4, 0.5) is 0 Å². The van der Waals surface area contributed by atoms with Gasteiger partial charge in [-0.3, -0.25) is 14.7 Å². The second-order valence-corrected chi connectivity index (χ2v) is 30.4. The number of halogens is 1. The number of para-hydroxylation sites is 2. The maximum atomic E-state index is 9.36. The average Bonchev–Trinajstić information content (AvgIpc) is 0.827. The molecular formula is C93H144IN5O6. The third kappa shape index (κ3) is 32.1. The van der Waals surface area contributed by atoms with Gasteiger partial charge in [0.2, 0.25) is 0 Å². The van der Waals surface area contributed by atoms with Crippen LogP contribution in [0.2, 0.25) is 0 Å². The number of aromatic hydroxyl groups is 1. The number of hydrogen-bond acceptors (Lipinski definition) is 11. The molecular weight excluding hydrogens is 1410 g/mol. The number of hydrogen-bond donors (Lipinski definition) is 3. The number of ether oxygens (including phenoxy) is 3. The first-order valence-electron chi connectivity index (χ1n) is 38.5. The lowest BCUT2D eigenvalue weighted by Gasteiger charge is -2.44.